The smallest absolute Gasteiger partial charge is 0.349 e. The fourth-order valence-electron chi connectivity index (χ4n) is 3.36. The third kappa shape index (κ3) is 6.88. The Morgan fingerprint density at radius 1 is 1.15 bits per heavy atom. The summed E-state index contributed by atoms with van der Waals surface area (Å²) in [4.78, 5) is 24.5. The maximum absolute atomic E-state index is 12.4. The first-order chi connectivity index (χ1) is 15.7. The molecule has 0 atom stereocenters. The van der Waals surface area contributed by atoms with E-state index in [0.29, 0.717) is 17.4 Å². The van der Waals surface area contributed by atoms with Crippen molar-refractivity contribution in [1.29, 1.82) is 5.26 Å². The summed E-state index contributed by atoms with van der Waals surface area (Å²) in [5.74, 6) is 0.275. The number of carbonyl (C=O) groups excluding carboxylic acids is 2. The molecule has 33 heavy (non-hydrogen) atoms. The summed E-state index contributed by atoms with van der Waals surface area (Å²) >= 11 is 0. The number of nitriles is 1. The lowest BCUT2D eigenvalue weighted by Gasteiger charge is -2.12. The van der Waals surface area contributed by atoms with Crippen molar-refractivity contribution >= 4 is 18.0 Å². The number of carbonyl (C=O) groups is 2. The molecule has 0 radical (unpaired) electrons. The van der Waals surface area contributed by atoms with Crippen LogP contribution in [0.5, 0.6) is 11.5 Å². The van der Waals surface area contributed by atoms with Crippen LogP contribution in [0.4, 0.5) is 0 Å². The number of aromatic nitrogens is 1. The van der Waals surface area contributed by atoms with E-state index in [1.165, 1.54) is 13.2 Å². The molecule has 0 aliphatic heterocycles. The predicted octanol–water partition coefficient (Wildman–Crippen LogP) is 3.54. The molecule has 1 N–H and O–H groups in total. The van der Waals surface area contributed by atoms with Crippen molar-refractivity contribution in [1.82, 2.24) is 9.88 Å². The zero-order chi connectivity index (χ0) is 24.5. The molecule has 1 aromatic heterocycles. The molecule has 0 saturated carbocycles. The highest BCUT2D eigenvalue weighted by atomic mass is 16.5. The number of ether oxygens (including phenoxy) is 3. The van der Waals surface area contributed by atoms with Gasteiger partial charge in [-0.25, -0.2) is 4.79 Å². The van der Waals surface area contributed by atoms with Gasteiger partial charge in [0, 0.05) is 24.5 Å². The Bertz CT molecular complexity index is 1080. The molecule has 0 spiro atoms. The number of nitrogens with one attached hydrogen (secondary N) is 1. The molecule has 1 aromatic carbocycles. The van der Waals surface area contributed by atoms with Crippen molar-refractivity contribution in [3.63, 3.8) is 0 Å². The van der Waals surface area contributed by atoms with Crippen molar-refractivity contribution in [2.45, 2.75) is 40.8 Å². The largest absolute Gasteiger partial charge is 0.493 e. The highest BCUT2D eigenvalue weighted by Gasteiger charge is 2.16. The van der Waals surface area contributed by atoms with Crippen LogP contribution in [-0.4, -0.2) is 37.3 Å². The van der Waals surface area contributed by atoms with Crippen molar-refractivity contribution in [2.24, 2.45) is 5.92 Å². The predicted molar refractivity (Wildman–Crippen MR) is 125 cm³/mol. The lowest BCUT2D eigenvalue weighted by molar-refractivity contribution is -0.144. The average Bonchev–Trinajstić information content (AvgIpc) is 3.06. The SMILES string of the molecule is COc1ccc(CNC(=O)COC(=O)/C(C#N)=C/c2cc(C)n(CC(C)C)c2C)cc1OC. The molecule has 0 aliphatic rings. The van der Waals surface area contributed by atoms with Gasteiger partial charge in [-0.05, 0) is 55.2 Å². The first kappa shape index (κ1) is 25.5. The number of benzene rings is 1. The maximum Gasteiger partial charge on any atom is 0.349 e. The standard InChI is InChI=1S/C25H31N3O5/c1-16(2)14-28-17(3)9-20(18(28)4)11-21(12-26)25(30)33-15-24(29)27-13-19-7-8-22(31-5)23(10-19)32-6/h7-11,16H,13-15H2,1-6H3,(H,27,29)/b21-11+. The number of methoxy groups -OCH3 is 2. The van der Waals surface area contributed by atoms with Crippen LogP contribution in [0, 0.1) is 31.1 Å². The second-order valence-corrected chi connectivity index (χ2v) is 8.04. The fourth-order valence-corrected chi connectivity index (χ4v) is 3.36. The zero-order valence-electron chi connectivity index (χ0n) is 20.0. The van der Waals surface area contributed by atoms with Crippen molar-refractivity contribution in [3.05, 3.63) is 52.4 Å². The summed E-state index contributed by atoms with van der Waals surface area (Å²) in [6, 6.07) is 9.08. The minimum absolute atomic E-state index is 0.160. The number of nitrogens with zero attached hydrogens (tertiary/aromatic N) is 2. The third-order valence-electron chi connectivity index (χ3n) is 5.07. The Balaban J connectivity index is 1.97. The molecule has 2 aromatic rings. The molecule has 0 unspecified atom stereocenters. The Morgan fingerprint density at radius 2 is 1.85 bits per heavy atom. The van der Waals surface area contributed by atoms with E-state index in [1.54, 1.807) is 25.3 Å². The molecule has 0 saturated heterocycles. The first-order valence-electron chi connectivity index (χ1n) is 10.6. The lowest BCUT2D eigenvalue weighted by atomic mass is 10.1. The Kier molecular flexibility index (Phi) is 9.10. The minimum Gasteiger partial charge on any atom is -0.493 e. The van der Waals surface area contributed by atoms with E-state index in [0.717, 1.165) is 29.1 Å². The minimum atomic E-state index is -0.840. The number of hydrogen-bond donors (Lipinski definition) is 1. The molecule has 0 aliphatic carbocycles. The molecule has 8 heteroatoms. The number of aryl methyl sites for hydroxylation is 1. The fraction of sp³-hybridized carbons (Fsp3) is 0.400. The van der Waals surface area contributed by atoms with Gasteiger partial charge in [0.1, 0.15) is 11.6 Å². The summed E-state index contributed by atoms with van der Waals surface area (Å²) in [7, 11) is 3.07. The monoisotopic (exact) mass is 453 g/mol. The van der Waals surface area contributed by atoms with E-state index >= 15 is 0 Å². The van der Waals surface area contributed by atoms with Gasteiger partial charge in [0.2, 0.25) is 0 Å². The molecule has 1 amide bonds. The van der Waals surface area contributed by atoms with Gasteiger partial charge >= 0.3 is 5.97 Å². The number of esters is 1. The molecule has 2 rings (SSSR count). The van der Waals surface area contributed by atoms with E-state index in [-0.39, 0.29) is 12.1 Å². The van der Waals surface area contributed by atoms with Gasteiger partial charge in [0.15, 0.2) is 18.1 Å². The van der Waals surface area contributed by atoms with Gasteiger partial charge < -0.3 is 24.1 Å². The van der Waals surface area contributed by atoms with Crippen molar-refractivity contribution in [2.75, 3.05) is 20.8 Å². The normalized spacial score (nSPS) is 11.2. The Labute approximate surface area is 194 Å². The zero-order valence-corrected chi connectivity index (χ0v) is 20.0. The van der Waals surface area contributed by atoms with Crippen LogP contribution in [-0.2, 0) is 27.4 Å². The molecule has 1 heterocycles. The summed E-state index contributed by atoms with van der Waals surface area (Å²) in [6.07, 6.45) is 1.50. The van der Waals surface area contributed by atoms with Crippen LogP contribution in [0.3, 0.4) is 0 Å². The van der Waals surface area contributed by atoms with E-state index in [2.05, 4.69) is 23.7 Å². The topological polar surface area (TPSA) is 103 Å². The Hall–Kier alpha value is -3.73. The van der Waals surface area contributed by atoms with E-state index in [4.69, 9.17) is 14.2 Å². The van der Waals surface area contributed by atoms with Gasteiger partial charge in [-0.3, -0.25) is 4.79 Å². The molecular weight excluding hydrogens is 422 g/mol. The third-order valence-corrected chi connectivity index (χ3v) is 5.07. The van der Waals surface area contributed by atoms with Crippen molar-refractivity contribution in [3.8, 4) is 17.6 Å². The van der Waals surface area contributed by atoms with Crippen LogP contribution in [0.1, 0.15) is 36.4 Å². The highest BCUT2D eigenvalue weighted by Crippen LogP contribution is 2.27. The van der Waals surface area contributed by atoms with Crippen LogP contribution in [0.25, 0.3) is 6.08 Å². The van der Waals surface area contributed by atoms with Crippen LogP contribution >= 0.6 is 0 Å². The van der Waals surface area contributed by atoms with Crippen LogP contribution in [0.2, 0.25) is 0 Å². The molecule has 8 nitrogen and oxygen atoms in total. The molecule has 0 bridgehead atoms. The van der Waals surface area contributed by atoms with Gasteiger partial charge in [0.05, 0.1) is 14.2 Å². The molecular formula is C25H31N3O5. The summed E-state index contributed by atoms with van der Waals surface area (Å²) < 4.78 is 17.6. The van der Waals surface area contributed by atoms with Gasteiger partial charge in [-0.2, -0.15) is 5.26 Å². The summed E-state index contributed by atoms with van der Waals surface area (Å²) in [5, 5.41) is 12.1. The van der Waals surface area contributed by atoms with Gasteiger partial charge in [-0.1, -0.05) is 19.9 Å². The number of rotatable bonds is 10. The second kappa shape index (κ2) is 11.8. The van der Waals surface area contributed by atoms with Crippen LogP contribution in [0.15, 0.2) is 29.8 Å². The highest BCUT2D eigenvalue weighted by molar-refractivity contribution is 5.99. The van der Waals surface area contributed by atoms with E-state index in [1.807, 2.05) is 26.0 Å². The van der Waals surface area contributed by atoms with E-state index in [9.17, 15) is 14.9 Å². The molecule has 0 fully saturated rings. The average molecular weight is 454 g/mol. The second-order valence-electron chi connectivity index (χ2n) is 8.04. The Morgan fingerprint density at radius 3 is 2.45 bits per heavy atom. The number of amides is 1. The summed E-state index contributed by atoms with van der Waals surface area (Å²) in [6.45, 7) is 8.77. The quantitative estimate of drug-likeness (QED) is 0.335. The van der Waals surface area contributed by atoms with Gasteiger partial charge in [-0.15, -0.1) is 0 Å². The maximum atomic E-state index is 12.4. The number of hydrogen-bond acceptors (Lipinski definition) is 6. The summed E-state index contributed by atoms with van der Waals surface area (Å²) in [5.41, 5.74) is 3.43. The van der Waals surface area contributed by atoms with Crippen molar-refractivity contribution < 1.29 is 23.8 Å². The molecule has 176 valence electrons. The lowest BCUT2D eigenvalue weighted by Crippen LogP contribution is -2.28. The van der Waals surface area contributed by atoms with Crippen LogP contribution < -0.4 is 14.8 Å². The van der Waals surface area contributed by atoms with Gasteiger partial charge in [0.25, 0.3) is 5.91 Å². The van der Waals surface area contributed by atoms with E-state index < -0.39 is 18.5 Å². The first-order valence-corrected chi connectivity index (χ1v) is 10.6.